The number of hydrogen-bond acceptors (Lipinski definition) is 0. The van der Waals surface area contributed by atoms with Gasteiger partial charge < -0.3 is 0 Å². The fraction of sp³-hybridized carbons (Fsp3) is 0.327. The summed E-state index contributed by atoms with van der Waals surface area (Å²) < 4.78 is 10.7. The van der Waals surface area contributed by atoms with Gasteiger partial charge >= 0.3 is 339 Å². The average Bonchev–Trinajstić information content (AvgIpc) is 3.89. The van der Waals surface area contributed by atoms with Gasteiger partial charge in [-0.3, -0.25) is 0 Å². The van der Waals surface area contributed by atoms with Crippen molar-refractivity contribution < 1.29 is 18.0 Å². The fourth-order valence-corrected chi connectivity index (χ4v) is 46.7. The maximum atomic E-state index is 6.36. The van der Waals surface area contributed by atoms with Crippen LogP contribution in [0.25, 0.3) is 27.1 Å². The third-order valence-corrected chi connectivity index (χ3v) is 47.8. The summed E-state index contributed by atoms with van der Waals surface area (Å²) in [6.07, 6.45) is 16.7. The summed E-state index contributed by atoms with van der Waals surface area (Å²) in [5.41, 5.74) is 8.94. The van der Waals surface area contributed by atoms with Crippen LogP contribution in [0.5, 0.6) is 0 Å². The molecule has 0 nitrogen and oxygen atoms in total. The van der Waals surface area contributed by atoms with Crippen molar-refractivity contribution in [3.05, 3.63) is 171 Å². The Hall–Kier alpha value is -3.36. The first-order chi connectivity index (χ1) is 26.7. The molecule has 5 aliphatic rings. The predicted molar refractivity (Wildman–Crippen MR) is 254 cm³/mol. The zero-order chi connectivity index (χ0) is 39.1. The van der Waals surface area contributed by atoms with E-state index in [2.05, 4.69) is 195 Å². The molecule has 0 aliphatic heterocycles. The normalized spacial score (nSPS) is 26.3. The monoisotopic (exact) mass is 970 g/mol. The Kier molecular flexibility index (Phi) is 9.50. The van der Waals surface area contributed by atoms with Crippen molar-refractivity contribution >= 4 is 62.8 Å². The van der Waals surface area contributed by atoms with Gasteiger partial charge in [-0.05, 0) is 0 Å². The van der Waals surface area contributed by atoms with Crippen LogP contribution in [0, 0.1) is 27.6 Å². The van der Waals surface area contributed by atoms with E-state index in [-0.39, 0.29) is 49.6 Å². The van der Waals surface area contributed by atoms with Crippen molar-refractivity contribution in [3.8, 4) is 0 Å². The standard InChI is InChI=1S/C29H37.2C10H7.C5H5.CH2.2ClH.Hf/c1-18-25-22-17-19-13-9-10-14-20(19)24(22)21-15-11-12-16-23(21)29(25,8)28(6,7)27(4,5)26(18,2)3;2*1-2-6-10-8-4-3-7-9(10)5-1;1-2-4-5-3-1;;;;/h9-11,13-15,23H,12,16-17H2,1-8H3;2*1-7H;1-3H,4H2;1H2;2*1H;. The molecule has 1 saturated carbocycles. The Bertz CT molecular complexity index is 2690. The van der Waals surface area contributed by atoms with E-state index in [9.17, 15) is 0 Å². The Morgan fingerprint density at radius 1 is 0.621 bits per heavy atom. The summed E-state index contributed by atoms with van der Waals surface area (Å²) in [7, 11) is 0. The summed E-state index contributed by atoms with van der Waals surface area (Å²) in [6.45, 7) is 21.6. The van der Waals surface area contributed by atoms with Gasteiger partial charge in [-0.2, -0.15) is 0 Å². The molecule has 3 atom stereocenters. The molecule has 3 heteroatoms. The number of benzene rings is 5. The molecule has 0 radical (unpaired) electrons. The molecular weight excluding hydrogens is 910 g/mol. The van der Waals surface area contributed by atoms with E-state index in [4.69, 9.17) is 4.26 Å². The Labute approximate surface area is 360 Å². The van der Waals surface area contributed by atoms with E-state index >= 15 is 0 Å². The van der Waals surface area contributed by atoms with Crippen LogP contribution in [0.3, 0.4) is 0 Å². The van der Waals surface area contributed by atoms with E-state index in [1.807, 2.05) is 0 Å². The van der Waals surface area contributed by atoms with Crippen molar-refractivity contribution in [3.63, 3.8) is 0 Å². The summed E-state index contributed by atoms with van der Waals surface area (Å²) in [5.74, 6) is 0.405. The number of fused-ring (bicyclic) bond motifs is 8. The quantitative estimate of drug-likeness (QED) is 0.157. The molecule has 0 aromatic heterocycles. The van der Waals surface area contributed by atoms with Gasteiger partial charge in [-0.1, -0.05) is 0 Å². The number of rotatable bonds is 4. The van der Waals surface area contributed by atoms with Crippen molar-refractivity contribution in [1.29, 1.82) is 0 Å². The topological polar surface area (TPSA) is 0 Å². The van der Waals surface area contributed by atoms with Gasteiger partial charge in [0, 0.05) is 0 Å². The molecule has 1 fully saturated rings. The molecule has 5 aliphatic carbocycles. The number of allylic oxidation sites excluding steroid dienone is 10. The third-order valence-electron chi connectivity index (χ3n) is 18.6. The summed E-state index contributed by atoms with van der Waals surface area (Å²) in [6, 6.07) is 42.5. The summed E-state index contributed by atoms with van der Waals surface area (Å²) in [4.78, 5) is 0. The predicted octanol–water partition coefficient (Wildman–Crippen LogP) is 14.3. The zero-order valence-electron chi connectivity index (χ0n) is 35.7. The van der Waals surface area contributed by atoms with Gasteiger partial charge in [0.1, 0.15) is 0 Å². The Morgan fingerprint density at radius 2 is 1.19 bits per heavy atom. The van der Waals surface area contributed by atoms with E-state index in [1.165, 1.54) is 45.7 Å². The molecule has 58 heavy (non-hydrogen) atoms. The summed E-state index contributed by atoms with van der Waals surface area (Å²) >= 11 is -5.71. The van der Waals surface area contributed by atoms with Crippen LogP contribution in [-0.4, -0.2) is 4.26 Å². The molecule has 0 bridgehead atoms. The Balaban J connectivity index is 0.00000235. The summed E-state index contributed by atoms with van der Waals surface area (Å²) in [5, 5.41) is 5.40. The molecule has 298 valence electrons. The van der Waals surface area contributed by atoms with E-state index < -0.39 is 18.0 Å². The van der Waals surface area contributed by atoms with Crippen LogP contribution in [0.4, 0.5) is 0 Å². The molecule has 0 saturated heterocycles. The van der Waals surface area contributed by atoms with Crippen molar-refractivity contribution in [2.45, 2.75) is 84.2 Å². The van der Waals surface area contributed by atoms with Crippen LogP contribution < -0.4 is 6.64 Å². The molecule has 0 amide bonds. The van der Waals surface area contributed by atoms with Gasteiger partial charge in [0.2, 0.25) is 0 Å². The minimum atomic E-state index is -5.71. The first-order valence-electron chi connectivity index (χ1n) is 21.3. The molecule has 0 N–H and O–H groups in total. The first-order valence-corrected chi connectivity index (χ1v) is 31.0. The van der Waals surface area contributed by atoms with Gasteiger partial charge in [0.05, 0.1) is 0 Å². The van der Waals surface area contributed by atoms with E-state index in [0.717, 1.165) is 19.3 Å². The van der Waals surface area contributed by atoms with Gasteiger partial charge in [-0.25, -0.2) is 0 Å². The second-order valence-corrected chi connectivity index (χ2v) is 40.3. The minimum absolute atomic E-state index is 0. The molecule has 0 spiro atoms. The van der Waals surface area contributed by atoms with Crippen molar-refractivity contribution in [2.24, 2.45) is 27.6 Å². The van der Waals surface area contributed by atoms with E-state index in [0.29, 0.717) is 5.92 Å². The van der Waals surface area contributed by atoms with Crippen molar-refractivity contribution in [1.82, 2.24) is 0 Å². The molecular formula is C55H60Cl2Hf. The average molecular weight is 970 g/mol. The molecule has 0 heterocycles. The van der Waals surface area contributed by atoms with Gasteiger partial charge in [0.25, 0.3) is 0 Å². The van der Waals surface area contributed by atoms with E-state index in [1.54, 1.807) is 25.6 Å². The maximum absolute atomic E-state index is 6.36. The second-order valence-electron chi connectivity index (χ2n) is 20.1. The molecule has 5 aromatic carbocycles. The van der Waals surface area contributed by atoms with Crippen LogP contribution in [0.2, 0.25) is 3.17 Å². The zero-order valence-corrected chi connectivity index (χ0v) is 40.9. The van der Waals surface area contributed by atoms with Gasteiger partial charge in [0.15, 0.2) is 0 Å². The second kappa shape index (κ2) is 13.3. The van der Waals surface area contributed by atoms with Crippen LogP contribution in [0.1, 0.15) is 85.8 Å². The third kappa shape index (κ3) is 4.45. The molecule has 10 rings (SSSR count). The number of halogens is 2. The number of hydrogen-bond donors (Lipinski definition) is 0. The van der Waals surface area contributed by atoms with Gasteiger partial charge in [-0.15, -0.1) is 24.8 Å². The van der Waals surface area contributed by atoms with Crippen LogP contribution >= 0.6 is 24.8 Å². The molecule has 3 unspecified atom stereocenters. The first kappa shape index (κ1) is 41.4. The molecule has 5 aromatic rings. The van der Waals surface area contributed by atoms with Crippen LogP contribution in [-0.2, 0) is 24.4 Å². The van der Waals surface area contributed by atoms with Crippen LogP contribution in [0.15, 0.2) is 160 Å². The van der Waals surface area contributed by atoms with Crippen molar-refractivity contribution in [2.75, 3.05) is 0 Å². The SMILES string of the molecule is Cl.Cl.[CH2]=[Hf]([C]1=CC=CC1)([c]1cccc2ccccc12)([c]1cccc2ccccc12)[C]1(C)C2=C3Cc4ccccc4C3=C3C=CCCC3C2(C)C(C)(C)C(C)(C)C1(C)C. The fourth-order valence-electron chi connectivity index (χ4n) is 14.5. The Morgan fingerprint density at radius 3 is 1.79 bits per heavy atom.